The van der Waals surface area contributed by atoms with Crippen molar-refractivity contribution in [2.24, 2.45) is 5.41 Å². The average molecular weight is 454 g/mol. The summed E-state index contributed by atoms with van der Waals surface area (Å²) < 4.78 is 14.2. The summed E-state index contributed by atoms with van der Waals surface area (Å²) in [7, 11) is 0. The van der Waals surface area contributed by atoms with Crippen molar-refractivity contribution in [1.29, 1.82) is 10.5 Å². The molecule has 1 aromatic carbocycles. The summed E-state index contributed by atoms with van der Waals surface area (Å²) in [4.78, 5) is 9.43. The van der Waals surface area contributed by atoms with E-state index in [-0.39, 0.29) is 11.0 Å². The second-order valence-electron chi connectivity index (χ2n) is 9.66. The minimum atomic E-state index is -0.173. The van der Waals surface area contributed by atoms with E-state index in [9.17, 15) is 5.26 Å². The van der Waals surface area contributed by atoms with Crippen molar-refractivity contribution >= 4 is 23.1 Å². The van der Waals surface area contributed by atoms with Gasteiger partial charge in [-0.3, -0.25) is 0 Å². The quantitative estimate of drug-likeness (QED) is 0.564. The highest BCUT2D eigenvalue weighted by Crippen LogP contribution is 2.67. The lowest BCUT2D eigenvalue weighted by atomic mass is 9.40. The fraction of sp³-hybridized carbons (Fsp3) is 0.400. The molecule has 3 aliphatic carbocycles. The van der Waals surface area contributed by atoms with Crippen molar-refractivity contribution in [2.45, 2.75) is 51.6 Å². The van der Waals surface area contributed by atoms with Crippen LogP contribution in [-0.4, -0.2) is 31.9 Å². The van der Waals surface area contributed by atoms with Crippen molar-refractivity contribution in [1.82, 2.24) is 19.7 Å². The van der Waals surface area contributed by atoms with Crippen LogP contribution in [0.15, 0.2) is 18.2 Å². The molecule has 4 aliphatic rings. The lowest BCUT2D eigenvalue weighted by molar-refractivity contribution is -0.0665. The number of allylic oxidation sites excluding steroid dienone is 1. The molecule has 0 saturated heterocycles. The number of nitrogens with one attached hydrogen (secondary N) is 1. The third-order valence-electron chi connectivity index (χ3n) is 6.95. The zero-order valence-electron chi connectivity index (χ0n) is 19.1. The first-order valence-electron chi connectivity index (χ1n) is 11.4. The number of anilines is 1. The van der Waals surface area contributed by atoms with Crippen molar-refractivity contribution in [2.75, 3.05) is 11.9 Å². The van der Waals surface area contributed by atoms with Crippen molar-refractivity contribution in [3.63, 3.8) is 0 Å². The maximum Gasteiger partial charge on any atom is 0.239 e. The normalized spacial score (nSPS) is 24.4. The van der Waals surface area contributed by atoms with Crippen LogP contribution in [0.5, 0.6) is 17.5 Å². The van der Waals surface area contributed by atoms with Gasteiger partial charge in [0.25, 0.3) is 0 Å². The predicted molar refractivity (Wildman–Crippen MR) is 124 cm³/mol. The summed E-state index contributed by atoms with van der Waals surface area (Å²) >= 11 is 0. The molecule has 0 atom stereocenters. The number of benzene rings is 1. The molecule has 0 radical (unpaired) electrons. The average Bonchev–Trinajstić information content (AvgIpc) is 3.14. The Balaban J connectivity index is 1.41. The van der Waals surface area contributed by atoms with Crippen LogP contribution < -0.4 is 14.8 Å². The molecular weight excluding hydrogens is 430 g/mol. The molecule has 0 unspecified atom stereocenters. The number of aryl methyl sites for hydroxylation is 3. The summed E-state index contributed by atoms with van der Waals surface area (Å²) in [5.74, 6) is 2.17. The first kappa shape index (κ1) is 20.5. The van der Waals surface area contributed by atoms with E-state index in [0.717, 1.165) is 48.9 Å². The molecule has 2 bridgehead atoms. The van der Waals surface area contributed by atoms with E-state index >= 15 is 0 Å². The van der Waals surface area contributed by atoms with Gasteiger partial charge < -0.3 is 14.8 Å². The van der Waals surface area contributed by atoms with E-state index in [0.29, 0.717) is 41.1 Å². The standard InChI is InChI=1S/C25H23N7O2/c1-15-9-17(5-3-6-26)10-16(2)19(15)34-21-18-20(31-32-7-4-8-33-22(18)32)28-23(29-21)30-25-11-24(12-25,13-25)14-27/h3,5,9-10H,4,7-8,11-13H2,1-2H3,(H,28,30,31)/b5-3+. The van der Waals surface area contributed by atoms with Crippen LogP contribution in [0.2, 0.25) is 0 Å². The van der Waals surface area contributed by atoms with E-state index in [1.165, 1.54) is 6.08 Å². The zero-order valence-corrected chi connectivity index (χ0v) is 19.1. The Kier molecular flexibility index (Phi) is 4.34. The molecule has 1 aliphatic heterocycles. The van der Waals surface area contributed by atoms with E-state index in [2.05, 4.69) is 21.5 Å². The van der Waals surface area contributed by atoms with Gasteiger partial charge >= 0.3 is 0 Å². The zero-order chi connectivity index (χ0) is 23.5. The Morgan fingerprint density at radius 3 is 2.65 bits per heavy atom. The number of fused-ring (bicyclic) bond motifs is 3. The van der Waals surface area contributed by atoms with Gasteiger partial charge in [-0.15, -0.1) is 5.10 Å². The largest absolute Gasteiger partial charge is 0.477 e. The van der Waals surface area contributed by atoms with E-state index in [1.807, 2.05) is 36.7 Å². The van der Waals surface area contributed by atoms with E-state index in [1.54, 1.807) is 6.08 Å². The second kappa shape index (κ2) is 7.19. The Labute approximate surface area is 196 Å². The Bertz CT molecular complexity index is 1410. The molecule has 3 heterocycles. The molecule has 2 aromatic heterocycles. The van der Waals surface area contributed by atoms with Crippen molar-refractivity contribution in [3.05, 3.63) is 34.9 Å². The number of ether oxygens (including phenoxy) is 2. The molecule has 34 heavy (non-hydrogen) atoms. The highest BCUT2D eigenvalue weighted by molar-refractivity contribution is 5.87. The molecule has 3 aromatic rings. The Morgan fingerprint density at radius 2 is 1.94 bits per heavy atom. The summed E-state index contributed by atoms with van der Waals surface area (Å²) in [6.07, 6.45) is 6.55. The highest BCUT2D eigenvalue weighted by atomic mass is 16.5. The summed E-state index contributed by atoms with van der Waals surface area (Å²) in [5, 5.41) is 27.0. The SMILES string of the molecule is Cc1cc(/C=C/C#N)cc(C)c1Oc1nc(NC23CC(C#N)(C2)C3)nc2nn3c(c12)OCCC3. The fourth-order valence-corrected chi connectivity index (χ4v) is 5.54. The minimum absolute atomic E-state index is 0.114. The van der Waals surface area contributed by atoms with Crippen LogP contribution >= 0.6 is 0 Å². The summed E-state index contributed by atoms with van der Waals surface area (Å²) in [5.41, 5.74) is 3.02. The van der Waals surface area contributed by atoms with Crippen LogP contribution in [0.3, 0.4) is 0 Å². The second-order valence-corrected chi connectivity index (χ2v) is 9.66. The van der Waals surface area contributed by atoms with Crippen molar-refractivity contribution in [3.8, 4) is 29.6 Å². The van der Waals surface area contributed by atoms with Crippen LogP contribution in [0.4, 0.5) is 5.95 Å². The Morgan fingerprint density at radius 1 is 1.18 bits per heavy atom. The maximum atomic E-state index is 9.35. The fourth-order valence-electron chi connectivity index (χ4n) is 5.54. The first-order valence-corrected chi connectivity index (χ1v) is 11.4. The number of hydrogen-bond acceptors (Lipinski definition) is 8. The molecule has 9 heteroatoms. The van der Waals surface area contributed by atoms with Crippen LogP contribution in [0.25, 0.3) is 17.1 Å². The molecule has 0 amide bonds. The maximum absolute atomic E-state index is 9.35. The van der Waals surface area contributed by atoms with Gasteiger partial charge in [-0.1, -0.05) is 0 Å². The summed E-state index contributed by atoms with van der Waals surface area (Å²) in [6, 6.07) is 8.40. The van der Waals surface area contributed by atoms with Gasteiger partial charge in [-0.25, -0.2) is 4.68 Å². The van der Waals surface area contributed by atoms with Gasteiger partial charge in [0.15, 0.2) is 5.65 Å². The van der Waals surface area contributed by atoms with Gasteiger partial charge in [-0.2, -0.15) is 20.5 Å². The molecule has 170 valence electrons. The van der Waals surface area contributed by atoms with Gasteiger partial charge in [0.05, 0.1) is 24.2 Å². The molecular formula is C25H23N7O2. The van der Waals surface area contributed by atoms with Crippen LogP contribution in [0.1, 0.15) is 42.4 Å². The molecule has 1 N–H and O–H groups in total. The first-order chi connectivity index (χ1) is 16.4. The lowest BCUT2D eigenvalue weighted by Gasteiger charge is -2.66. The number of aromatic nitrogens is 4. The lowest BCUT2D eigenvalue weighted by Crippen LogP contribution is -2.70. The smallest absolute Gasteiger partial charge is 0.239 e. The Hall–Kier alpha value is -4.11. The summed E-state index contributed by atoms with van der Waals surface area (Å²) in [6.45, 7) is 5.30. The number of nitriles is 2. The molecule has 3 saturated carbocycles. The van der Waals surface area contributed by atoms with Gasteiger partial charge in [0.2, 0.25) is 17.7 Å². The number of rotatable bonds is 5. The topological polar surface area (TPSA) is 122 Å². The third-order valence-corrected chi connectivity index (χ3v) is 6.95. The number of hydrogen-bond donors (Lipinski definition) is 1. The van der Waals surface area contributed by atoms with Crippen LogP contribution in [0, 0.1) is 41.9 Å². The van der Waals surface area contributed by atoms with E-state index < -0.39 is 0 Å². The highest BCUT2D eigenvalue weighted by Gasteiger charge is 2.69. The van der Waals surface area contributed by atoms with Gasteiger partial charge in [0, 0.05) is 24.6 Å². The minimum Gasteiger partial charge on any atom is -0.477 e. The van der Waals surface area contributed by atoms with Gasteiger partial charge in [0.1, 0.15) is 11.1 Å². The van der Waals surface area contributed by atoms with Gasteiger partial charge in [-0.05, 0) is 68.0 Å². The number of nitrogens with zero attached hydrogens (tertiary/aromatic N) is 6. The monoisotopic (exact) mass is 453 g/mol. The molecule has 9 nitrogen and oxygen atoms in total. The van der Waals surface area contributed by atoms with Crippen molar-refractivity contribution < 1.29 is 9.47 Å². The molecule has 0 spiro atoms. The van der Waals surface area contributed by atoms with E-state index in [4.69, 9.17) is 19.7 Å². The molecule has 7 rings (SSSR count). The third kappa shape index (κ3) is 3.08. The molecule has 3 fully saturated rings. The van der Waals surface area contributed by atoms with Crippen LogP contribution in [-0.2, 0) is 6.54 Å². The predicted octanol–water partition coefficient (Wildman–Crippen LogP) is 4.41.